The van der Waals surface area contributed by atoms with Gasteiger partial charge in [0.1, 0.15) is 11.4 Å². The van der Waals surface area contributed by atoms with E-state index < -0.39 is 5.97 Å². The summed E-state index contributed by atoms with van der Waals surface area (Å²) in [5.41, 5.74) is 0.889. The molecule has 0 saturated carbocycles. The van der Waals surface area contributed by atoms with Gasteiger partial charge in [0.15, 0.2) is 0 Å². The summed E-state index contributed by atoms with van der Waals surface area (Å²) in [5, 5.41) is 21.6. The number of fused-ring (bicyclic) bond motifs is 1. The van der Waals surface area contributed by atoms with E-state index in [2.05, 4.69) is 10.3 Å². The maximum atomic E-state index is 11.2. The van der Waals surface area contributed by atoms with Crippen LogP contribution in [0.4, 0.5) is 5.82 Å². The van der Waals surface area contributed by atoms with Crippen molar-refractivity contribution >= 4 is 22.7 Å². The Kier molecular flexibility index (Phi) is 3.74. The van der Waals surface area contributed by atoms with Gasteiger partial charge in [0, 0.05) is 18.5 Å². The topological polar surface area (TPSA) is 82.5 Å². The molecule has 2 aromatic rings. The van der Waals surface area contributed by atoms with Crippen LogP contribution >= 0.6 is 0 Å². The van der Waals surface area contributed by atoms with E-state index in [4.69, 9.17) is 10.2 Å². The maximum Gasteiger partial charge on any atom is 0.339 e. The summed E-state index contributed by atoms with van der Waals surface area (Å²) in [6, 6.07) is 8.96. The third kappa shape index (κ3) is 2.57. The van der Waals surface area contributed by atoms with Gasteiger partial charge in [-0.05, 0) is 18.6 Å². The number of hydrogen-bond acceptors (Lipinski definition) is 4. The molecule has 1 aromatic heterocycles. The summed E-state index contributed by atoms with van der Waals surface area (Å²) >= 11 is 0. The average Bonchev–Trinajstić information content (AvgIpc) is 2.38. The first kappa shape index (κ1) is 12.3. The van der Waals surface area contributed by atoms with Crippen molar-refractivity contribution in [2.45, 2.75) is 6.42 Å². The highest BCUT2D eigenvalue weighted by molar-refractivity contribution is 5.98. The zero-order chi connectivity index (χ0) is 13.0. The first-order chi connectivity index (χ1) is 8.72. The van der Waals surface area contributed by atoms with Crippen molar-refractivity contribution in [1.29, 1.82) is 0 Å². The van der Waals surface area contributed by atoms with Gasteiger partial charge in [-0.15, -0.1) is 0 Å². The lowest BCUT2D eigenvalue weighted by molar-refractivity contribution is 0.0698. The molecular weight excluding hydrogens is 232 g/mol. The van der Waals surface area contributed by atoms with Crippen LogP contribution in [0.3, 0.4) is 0 Å². The molecule has 5 heteroatoms. The van der Waals surface area contributed by atoms with Gasteiger partial charge in [-0.25, -0.2) is 9.78 Å². The SMILES string of the molecule is O=C(O)c1cc2ccccc2nc1NCCCO. The minimum atomic E-state index is -1.01. The number of rotatable bonds is 5. The number of carboxylic acid groups (broad SMARTS) is 1. The molecule has 18 heavy (non-hydrogen) atoms. The highest BCUT2D eigenvalue weighted by Gasteiger charge is 2.12. The fraction of sp³-hybridized carbons (Fsp3) is 0.231. The number of anilines is 1. The number of pyridine rings is 1. The van der Waals surface area contributed by atoms with Gasteiger partial charge in [-0.2, -0.15) is 0 Å². The van der Waals surface area contributed by atoms with Crippen molar-refractivity contribution in [3.63, 3.8) is 0 Å². The Labute approximate surface area is 104 Å². The van der Waals surface area contributed by atoms with Crippen LogP contribution in [0.5, 0.6) is 0 Å². The smallest absolute Gasteiger partial charge is 0.339 e. The number of carboxylic acids is 1. The van der Waals surface area contributed by atoms with Crippen molar-refractivity contribution in [1.82, 2.24) is 4.98 Å². The van der Waals surface area contributed by atoms with E-state index in [-0.39, 0.29) is 12.2 Å². The van der Waals surface area contributed by atoms with Crippen LogP contribution in [0.2, 0.25) is 0 Å². The van der Waals surface area contributed by atoms with Crippen LogP contribution < -0.4 is 5.32 Å². The Morgan fingerprint density at radius 2 is 2.11 bits per heavy atom. The number of nitrogens with zero attached hydrogens (tertiary/aromatic N) is 1. The van der Waals surface area contributed by atoms with E-state index in [9.17, 15) is 4.79 Å². The molecule has 0 bridgehead atoms. The van der Waals surface area contributed by atoms with E-state index in [0.717, 1.165) is 10.9 Å². The summed E-state index contributed by atoms with van der Waals surface area (Å²) in [6.45, 7) is 0.547. The number of nitrogens with one attached hydrogen (secondary N) is 1. The van der Waals surface area contributed by atoms with Crippen LogP contribution in [0, 0.1) is 0 Å². The summed E-state index contributed by atoms with van der Waals surface area (Å²) in [6.07, 6.45) is 0.549. The van der Waals surface area contributed by atoms with E-state index >= 15 is 0 Å². The first-order valence-corrected chi connectivity index (χ1v) is 5.70. The van der Waals surface area contributed by atoms with Gasteiger partial charge in [0.25, 0.3) is 0 Å². The highest BCUT2D eigenvalue weighted by atomic mass is 16.4. The number of aliphatic hydroxyl groups is 1. The minimum absolute atomic E-state index is 0.0585. The van der Waals surface area contributed by atoms with E-state index in [1.165, 1.54) is 0 Å². The Bertz CT molecular complexity index is 569. The lowest BCUT2D eigenvalue weighted by atomic mass is 10.1. The Balaban J connectivity index is 2.41. The summed E-state index contributed by atoms with van der Waals surface area (Å²) in [4.78, 5) is 15.5. The second kappa shape index (κ2) is 5.46. The predicted molar refractivity (Wildman–Crippen MR) is 68.9 cm³/mol. The zero-order valence-electron chi connectivity index (χ0n) is 9.76. The monoisotopic (exact) mass is 246 g/mol. The molecule has 2 rings (SSSR count). The van der Waals surface area contributed by atoms with Crippen LogP contribution in [0.15, 0.2) is 30.3 Å². The first-order valence-electron chi connectivity index (χ1n) is 5.70. The number of para-hydroxylation sites is 1. The molecule has 0 spiro atoms. The van der Waals surface area contributed by atoms with Crippen LogP contribution in [0.1, 0.15) is 16.8 Å². The molecule has 5 nitrogen and oxygen atoms in total. The van der Waals surface area contributed by atoms with Gasteiger partial charge >= 0.3 is 5.97 Å². The van der Waals surface area contributed by atoms with E-state index in [1.807, 2.05) is 24.3 Å². The van der Waals surface area contributed by atoms with Crippen molar-refractivity contribution in [3.8, 4) is 0 Å². The molecule has 0 aliphatic heterocycles. The number of carbonyl (C=O) groups is 1. The molecule has 0 aliphatic carbocycles. The van der Waals surface area contributed by atoms with Gasteiger partial charge in [-0.3, -0.25) is 0 Å². The van der Waals surface area contributed by atoms with Gasteiger partial charge in [0.2, 0.25) is 0 Å². The molecule has 94 valence electrons. The number of aliphatic hydroxyl groups excluding tert-OH is 1. The molecule has 0 amide bonds. The Morgan fingerprint density at radius 3 is 2.83 bits per heavy atom. The van der Waals surface area contributed by atoms with Gasteiger partial charge in [0.05, 0.1) is 5.52 Å². The van der Waals surface area contributed by atoms with Crippen molar-refractivity contribution in [2.75, 3.05) is 18.5 Å². The van der Waals surface area contributed by atoms with E-state index in [1.54, 1.807) is 6.07 Å². The predicted octanol–water partition coefficient (Wildman–Crippen LogP) is 1.73. The highest BCUT2D eigenvalue weighted by Crippen LogP contribution is 2.20. The van der Waals surface area contributed by atoms with Gasteiger partial charge in [-0.1, -0.05) is 18.2 Å². The van der Waals surface area contributed by atoms with Crippen molar-refractivity contribution in [3.05, 3.63) is 35.9 Å². The van der Waals surface area contributed by atoms with Crippen LogP contribution in [-0.2, 0) is 0 Å². The fourth-order valence-electron chi connectivity index (χ4n) is 1.70. The average molecular weight is 246 g/mol. The Hall–Kier alpha value is -2.14. The number of aromatic nitrogens is 1. The largest absolute Gasteiger partial charge is 0.478 e. The molecule has 0 unspecified atom stereocenters. The number of aromatic carboxylic acids is 1. The summed E-state index contributed by atoms with van der Waals surface area (Å²) < 4.78 is 0. The summed E-state index contributed by atoms with van der Waals surface area (Å²) in [7, 11) is 0. The fourth-order valence-corrected chi connectivity index (χ4v) is 1.70. The zero-order valence-corrected chi connectivity index (χ0v) is 9.76. The third-order valence-electron chi connectivity index (χ3n) is 2.58. The molecule has 0 saturated heterocycles. The summed E-state index contributed by atoms with van der Waals surface area (Å²) in [5.74, 6) is -0.672. The molecule has 0 atom stereocenters. The van der Waals surface area contributed by atoms with Crippen molar-refractivity contribution in [2.24, 2.45) is 0 Å². The van der Waals surface area contributed by atoms with Crippen molar-refractivity contribution < 1.29 is 15.0 Å². The molecule has 0 radical (unpaired) electrons. The van der Waals surface area contributed by atoms with Gasteiger partial charge < -0.3 is 15.5 Å². The Morgan fingerprint density at radius 1 is 1.33 bits per heavy atom. The normalized spacial score (nSPS) is 10.5. The molecular formula is C13H14N2O3. The number of benzene rings is 1. The molecule has 0 aliphatic rings. The van der Waals surface area contributed by atoms with Crippen LogP contribution in [-0.4, -0.2) is 34.3 Å². The second-order valence-corrected chi connectivity index (χ2v) is 3.89. The van der Waals surface area contributed by atoms with Crippen LogP contribution in [0.25, 0.3) is 10.9 Å². The minimum Gasteiger partial charge on any atom is -0.478 e. The molecule has 1 aromatic carbocycles. The standard InChI is InChI=1S/C13H14N2O3/c16-7-3-6-14-12-10(13(17)18)8-9-4-1-2-5-11(9)15-12/h1-2,4-5,8,16H,3,6-7H2,(H,14,15)(H,17,18). The third-order valence-corrected chi connectivity index (χ3v) is 2.58. The lowest BCUT2D eigenvalue weighted by Gasteiger charge is -2.09. The molecule has 0 fully saturated rings. The lowest BCUT2D eigenvalue weighted by Crippen LogP contribution is -2.10. The second-order valence-electron chi connectivity index (χ2n) is 3.89. The number of hydrogen-bond donors (Lipinski definition) is 3. The van der Waals surface area contributed by atoms with E-state index in [0.29, 0.717) is 18.8 Å². The quantitative estimate of drug-likeness (QED) is 0.700. The molecule has 1 heterocycles. The molecule has 3 N–H and O–H groups in total. The maximum absolute atomic E-state index is 11.2.